The summed E-state index contributed by atoms with van der Waals surface area (Å²) in [6.07, 6.45) is 63.5. The van der Waals surface area contributed by atoms with E-state index >= 15 is 0 Å². The SMILES string of the molecule is CCCCCCCC(O)CCCCCCCCCC(=O)[O-].CCCCCCCC(O)CCCCCCCCCC(=O)[O-].CCCCCCCC(O)CCCCCCCCCC(=O)[O-].CCCCCCCC(O)CCCCCCCCCC(=O)[O-].[Pb]. The van der Waals surface area contributed by atoms with Gasteiger partial charge in [0.25, 0.3) is 0 Å². The molecule has 0 aromatic rings. The van der Waals surface area contributed by atoms with Gasteiger partial charge >= 0.3 is 0 Å². The van der Waals surface area contributed by atoms with Gasteiger partial charge in [0, 0.05) is 51.2 Å². The Bertz CT molecular complexity index is 1110. The molecule has 12 nitrogen and oxygen atoms in total. The van der Waals surface area contributed by atoms with E-state index in [1.165, 1.54) is 205 Å². The van der Waals surface area contributed by atoms with Gasteiger partial charge in [-0.2, -0.15) is 0 Å². The second-order valence-corrected chi connectivity index (χ2v) is 25.0. The Morgan fingerprint density at radius 2 is 0.318 bits per heavy atom. The molecule has 0 spiro atoms. The second-order valence-electron chi connectivity index (χ2n) is 25.0. The van der Waals surface area contributed by atoms with Crippen molar-refractivity contribution in [3.8, 4) is 0 Å². The van der Waals surface area contributed by atoms with E-state index in [0.717, 1.165) is 154 Å². The summed E-state index contributed by atoms with van der Waals surface area (Å²) in [5.74, 6) is -3.73. The largest absolute Gasteiger partial charge is 0.550 e. The van der Waals surface area contributed by atoms with E-state index in [4.69, 9.17) is 0 Å². The van der Waals surface area contributed by atoms with E-state index in [1.807, 2.05) is 0 Å². The van der Waals surface area contributed by atoms with Gasteiger partial charge in [0.2, 0.25) is 0 Å². The van der Waals surface area contributed by atoms with Crippen molar-refractivity contribution in [2.45, 2.75) is 437 Å². The minimum absolute atomic E-state index is 0. The Morgan fingerprint density at radius 3 is 0.435 bits per heavy atom. The number of carbonyl (C=O) groups is 4. The predicted molar refractivity (Wildman–Crippen MR) is 350 cm³/mol. The van der Waals surface area contributed by atoms with Gasteiger partial charge in [0.1, 0.15) is 0 Å². The van der Waals surface area contributed by atoms with Crippen molar-refractivity contribution in [3.63, 3.8) is 0 Å². The normalized spacial score (nSPS) is 12.3. The first-order valence-corrected chi connectivity index (χ1v) is 36.2. The number of rotatable bonds is 64. The maximum absolute atomic E-state index is 10.2. The van der Waals surface area contributed by atoms with Crippen molar-refractivity contribution in [2.75, 3.05) is 0 Å². The fourth-order valence-corrected chi connectivity index (χ4v) is 10.6. The van der Waals surface area contributed by atoms with Gasteiger partial charge in [-0.05, 0) is 103 Å². The molecule has 4 unspecified atom stereocenters. The number of carboxylic acid groups (broad SMARTS) is 4. The number of carboxylic acids is 4. The minimum Gasteiger partial charge on any atom is -0.550 e. The first kappa shape index (κ1) is 92.4. The zero-order chi connectivity index (χ0) is 63.0. The molecule has 0 aromatic carbocycles. The maximum atomic E-state index is 10.2. The first-order chi connectivity index (χ1) is 40.7. The van der Waals surface area contributed by atoms with E-state index < -0.39 is 23.9 Å². The summed E-state index contributed by atoms with van der Waals surface area (Å²) in [6.45, 7) is 8.88. The van der Waals surface area contributed by atoms with E-state index in [0.29, 0.717) is 0 Å². The summed E-state index contributed by atoms with van der Waals surface area (Å²) in [6, 6.07) is 0. The Kier molecular flexibility index (Phi) is 87.6. The number of aliphatic hydroxyl groups is 4. The molecule has 508 valence electrons. The summed E-state index contributed by atoms with van der Waals surface area (Å²) < 4.78 is 0. The number of hydrogen-bond acceptors (Lipinski definition) is 12. The molecule has 0 rings (SSSR count). The van der Waals surface area contributed by atoms with Crippen LogP contribution < -0.4 is 20.4 Å². The van der Waals surface area contributed by atoms with Gasteiger partial charge in [-0.15, -0.1) is 0 Å². The molecule has 4 radical (unpaired) electrons. The first-order valence-electron chi connectivity index (χ1n) is 36.2. The average molecular weight is 1410 g/mol. The van der Waals surface area contributed by atoms with Gasteiger partial charge in [-0.3, -0.25) is 0 Å². The third-order valence-corrected chi connectivity index (χ3v) is 16.2. The van der Waals surface area contributed by atoms with Crippen molar-refractivity contribution in [1.29, 1.82) is 0 Å². The average Bonchev–Trinajstić information content (AvgIpc) is 3.45. The molecule has 0 aromatic heterocycles. The molecule has 0 aliphatic carbocycles. The molecule has 0 fully saturated rings. The third-order valence-electron chi connectivity index (χ3n) is 16.2. The number of aliphatic hydroxyl groups excluding tert-OH is 4. The van der Waals surface area contributed by atoms with Gasteiger partial charge in [0.05, 0.1) is 24.4 Å². The van der Waals surface area contributed by atoms with E-state index in [9.17, 15) is 60.0 Å². The van der Waals surface area contributed by atoms with Crippen molar-refractivity contribution < 1.29 is 60.0 Å². The Balaban J connectivity index is -0.000000333. The molecule has 0 aliphatic rings. The minimum atomic E-state index is -0.932. The molecule has 0 heterocycles. The Hall–Kier alpha value is -1.36. The van der Waals surface area contributed by atoms with E-state index in [2.05, 4.69) is 27.7 Å². The van der Waals surface area contributed by atoms with Crippen LogP contribution >= 0.6 is 0 Å². The van der Waals surface area contributed by atoms with Crippen LogP contribution in [-0.4, -0.2) is 96.0 Å². The molecule has 0 bridgehead atoms. The van der Waals surface area contributed by atoms with E-state index in [1.54, 1.807) is 0 Å². The molecule has 0 aliphatic heterocycles. The van der Waals surface area contributed by atoms with Crippen molar-refractivity contribution >= 4 is 51.2 Å². The Morgan fingerprint density at radius 1 is 0.212 bits per heavy atom. The molecule has 85 heavy (non-hydrogen) atoms. The summed E-state index contributed by atoms with van der Waals surface area (Å²) in [7, 11) is 0. The molecule has 13 heteroatoms. The van der Waals surface area contributed by atoms with Crippen LogP contribution in [0, 0.1) is 0 Å². The van der Waals surface area contributed by atoms with Gasteiger partial charge in [-0.1, -0.05) is 310 Å². The quantitative estimate of drug-likeness (QED) is 0.0328. The van der Waals surface area contributed by atoms with Crippen LogP contribution in [0.4, 0.5) is 0 Å². The van der Waals surface area contributed by atoms with Crippen LogP contribution in [0.1, 0.15) is 413 Å². The third kappa shape index (κ3) is 96.5. The molecule has 0 saturated heterocycles. The smallest absolute Gasteiger partial charge is 0.0540 e. The van der Waals surface area contributed by atoms with Crippen LogP contribution in [0.2, 0.25) is 0 Å². The van der Waals surface area contributed by atoms with Gasteiger partial charge in [0.15, 0.2) is 0 Å². The standard InChI is InChI=1S/4C18H36O3.Pb/c4*1-2-3-4-8-11-14-17(19)15-12-9-6-5-7-10-13-16-18(20)21;/h4*17,19H,2-16H2,1H3,(H,20,21);/p-4. The van der Waals surface area contributed by atoms with Crippen molar-refractivity contribution in [3.05, 3.63) is 0 Å². The van der Waals surface area contributed by atoms with Crippen LogP contribution in [0.25, 0.3) is 0 Å². The number of hydrogen-bond donors (Lipinski definition) is 4. The van der Waals surface area contributed by atoms with Crippen LogP contribution in [0.5, 0.6) is 0 Å². The number of carbonyl (C=O) groups excluding carboxylic acids is 4. The molecule has 0 amide bonds. The topological polar surface area (TPSA) is 241 Å². The molecule has 4 N–H and O–H groups in total. The Labute approximate surface area is 545 Å². The second kappa shape index (κ2) is 80.7. The van der Waals surface area contributed by atoms with Gasteiger partial charge < -0.3 is 60.0 Å². The summed E-state index contributed by atoms with van der Waals surface area (Å²) >= 11 is 0. The number of unbranched alkanes of at least 4 members (excludes halogenated alkanes) is 40. The summed E-state index contributed by atoms with van der Waals surface area (Å²) in [5, 5.41) is 80.4. The van der Waals surface area contributed by atoms with Crippen LogP contribution in [0.15, 0.2) is 0 Å². The van der Waals surface area contributed by atoms with E-state index in [-0.39, 0.29) is 77.4 Å². The van der Waals surface area contributed by atoms with Crippen LogP contribution in [-0.2, 0) is 19.2 Å². The maximum Gasteiger partial charge on any atom is 0.0540 e. The number of aliphatic carboxylic acids is 4. The molecular weight excluding hydrogens is 1260 g/mol. The summed E-state index contributed by atoms with van der Waals surface area (Å²) in [5.41, 5.74) is 0. The van der Waals surface area contributed by atoms with Crippen molar-refractivity contribution in [1.82, 2.24) is 0 Å². The molecule has 0 saturated carbocycles. The fraction of sp³-hybridized carbons (Fsp3) is 0.944. The zero-order valence-electron chi connectivity index (χ0n) is 56.3. The van der Waals surface area contributed by atoms with Gasteiger partial charge in [-0.25, -0.2) is 0 Å². The molecular formula is C72H140O12Pb-4. The summed E-state index contributed by atoms with van der Waals surface area (Å²) in [4.78, 5) is 40.9. The molecule has 4 atom stereocenters. The van der Waals surface area contributed by atoms with Crippen LogP contribution in [0.3, 0.4) is 0 Å². The van der Waals surface area contributed by atoms with Crippen molar-refractivity contribution in [2.24, 2.45) is 0 Å². The fourth-order valence-electron chi connectivity index (χ4n) is 10.6. The predicted octanol–water partition coefficient (Wildman–Crippen LogP) is 15.5. The monoisotopic (exact) mass is 1410 g/mol. The zero-order valence-corrected chi connectivity index (χ0v) is 60.2.